The monoisotopic (exact) mass is 278 g/mol. The molecule has 0 amide bonds. The Balaban J connectivity index is 1.60. The average Bonchev–Trinajstić information content (AvgIpc) is 3.02. The summed E-state index contributed by atoms with van der Waals surface area (Å²) >= 11 is 5.81. The lowest BCUT2D eigenvalue weighted by molar-refractivity contribution is -0.153. The molecule has 1 aromatic carbocycles. The average molecular weight is 279 g/mol. The van der Waals surface area contributed by atoms with E-state index in [2.05, 4.69) is 0 Å². The Morgan fingerprint density at radius 1 is 1.26 bits per heavy atom. The van der Waals surface area contributed by atoms with Crippen LogP contribution in [0.3, 0.4) is 0 Å². The summed E-state index contributed by atoms with van der Waals surface area (Å²) in [4.78, 5) is 24.4. The van der Waals surface area contributed by atoms with Gasteiger partial charge in [0.05, 0.1) is 12.7 Å². The van der Waals surface area contributed by atoms with E-state index >= 15 is 0 Å². The number of halogens is 1. The van der Waals surface area contributed by atoms with Crippen LogP contribution >= 0.6 is 11.6 Å². The van der Waals surface area contributed by atoms with Gasteiger partial charge in [-0.2, -0.15) is 0 Å². The van der Waals surface area contributed by atoms with Gasteiger partial charge in [0, 0.05) is 28.3 Å². The third-order valence-corrected chi connectivity index (χ3v) is 4.46. The molecule has 2 aliphatic heterocycles. The van der Waals surface area contributed by atoms with Crippen molar-refractivity contribution < 1.29 is 19.1 Å². The number of rotatable bonds is 2. The summed E-state index contributed by atoms with van der Waals surface area (Å²) in [5.74, 6) is -0.529. The van der Waals surface area contributed by atoms with Crippen molar-refractivity contribution in [1.29, 1.82) is 0 Å². The molecule has 2 saturated heterocycles. The van der Waals surface area contributed by atoms with E-state index in [9.17, 15) is 9.59 Å². The highest BCUT2D eigenvalue weighted by Crippen LogP contribution is 2.57. The fraction of sp³-hybridized carbons (Fsp3) is 0.429. The molecule has 0 N–H and O–H groups in total. The molecule has 0 spiro atoms. The van der Waals surface area contributed by atoms with E-state index in [4.69, 9.17) is 21.1 Å². The molecule has 5 heteroatoms. The van der Waals surface area contributed by atoms with Crippen molar-refractivity contribution in [2.45, 2.75) is 12.4 Å². The number of fused-ring (bicyclic) bond motifs is 4. The van der Waals surface area contributed by atoms with Crippen molar-refractivity contribution in [3.05, 3.63) is 34.9 Å². The van der Waals surface area contributed by atoms with Crippen molar-refractivity contribution in [2.75, 3.05) is 6.61 Å². The molecule has 4 nitrogen and oxygen atoms in total. The first-order valence-corrected chi connectivity index (χ1v) is 6.65. The van der Waals surface area contributed by atoms with Crippen LogP contribution in [0.25, 0.3) is 0 Å². The molecule has 3 fully saturated rings. The highest BCUT2D eigenvalue weighted by atomic mass is 35.5. The lowest BCUT2D eigenvalue weighted by atomic mass is 10.0. The largest absolute Gasteiger partial charge is 0.343 e. The molecule has 1 aromatic rings. The zero-order chi connectivity index (χ0) is 13.1. The van der Waals surface area contributed by atoms with Crippen LogP contribution in [0.1, 0.15) is 10.4 Å². The van der Waals surface area contributed by atoms with Crippen LogP contribution < -0.4 is 0 Å². The SMILES string of the molecule is O=C(c1ccc(Cl)cc1)[C@@H]1[C@H]2C(=O)[C@H]3OC[C@@H](O3)[C@H]12. The molecule has 1 aliphatic carbocycles. The first-order chi connectivity index (χ1) is 9.16. The van der Waals surface area contributed by atoms with Gasteiger partial charge in [0.2, 0.25) is 6.29 Å². The van der Waals surface area contributed by atoms with Crippen LogP contribution in [0.2, 0.25) is 5.02 Å². The second-order valence-electron chi connectivity index (χ2n) is 5.24. The molecule has 1 saturated carbocycles. The molecular weight excluding hydrogens is 268 g/mol. The second-order valence-corrected chi connectivity index (χ2v) is 5.68. The second kappa shape index (κ2) is 3.88. The summed E-state index contributed by atoms with van der Waals surface area (Å²) in [6.07, 6.45) is -0.844. The van der Waals surface area contributed by atoms with Crippen molar-refractivity contribution in [2.24, 2.45) is 17.8 Å². The van der Waals surface area contributed by atoms with Gasteiger partial charge >= 0.3 is 0 Å². The van der Waals surface area contributed by atoms with Gasteiger partial charge in [-0.05, 0) is 24.3 Å². The van der Waals surface area contributed by atoms with Crippen molar-refractivity contribution in [3.8, 4) is 0 Å². The lowest BCUT2D eigenvalue weighted by Gasteiger charge is -2.14. The van der Waals surface area contributed by atoms with Crippen molar-refractivity contribution in [1.82, 2.24) is 0 Å². The first-order valence-electron chi connectivity index (χ1n) is 6.27. The quantitative estimate of drug-likeness (QED) is 0.773. The molecule has 2 heterocycles. The van der Waals surface area contributed by atoms with Crippen LogP contribution in [-0.4, -0.2) is 30.6 Å². The van der Waals surface area contributed by atoms with E-state index < -0.39 is 6.29 Å². The number of hydrogen-bond donors (Lipinski definition) is 0. The number of benzene rings is 1. The summed E-state index contributed by atoms with van der Waals surface area (Å²) in [6.45, 7) is 0.419. The maximum absolute atomic E-state index is 12.4. The van der Waals surface area contributed by atoms with Gasteiger partial charge in [-0.25, -0.2) is 0 Å². The van der Waals surface area contributed by atoms with Gasteiger partial charge in [-0.3, -0.25) is 9.59 Å². The highest BCUT2D eigenvalue weighted by Gasteiger charge is 2.68. The van der Waals surface area contributed by atoms with Crippen LogP contribution in [0.4, 0.5) is 0 Å². The fourth-order valence-corrected chi connectivity index (χ4v) is 3.36. The summed E-state index contributed by atoms with van der Waals surface area (Å²) in [6, 6.07) is 6.78. The van der Waals surface area contributed by atoms with E-state index in [1.165, 1.54) is 0 Å². The van der Waals surface area contributed by atoms with Gasteiger partial charge < -0.3 is 9.47 Å². The summed E-state index contributed by atoms with van der Waals surface area (Å²) < 4.78 is 10.7. The van der Waals surface area contributed by atoms with Crippen molar-refractivity contribution >= 4 is 23.2 Å². The van der Waals surface area contributed by atoms with Gasteiger partial charge in [0.25, 0.3) is 0 Å². The molecule has 0 aromatic heterocycles. The predicted molar refractivity (Wildman–Crippen MR) is 65.9 cm³/mol. The Morgan fingerprint density at radius 2 is 2.00 bits per heavy atom. The van der Waals surface area contributed by atoms with E-state index in [1.54, 1.807) is 24.3 Å². The zero-order valence-corrected chi connectivity index (χ0v) is 10.7. The normalized spacial score (nSPS) is 39.0. The maximum atomic E-state index is 12.4. The highest BCUT2D eigenvalue weighted by molar-refractivity contribution is 6.30. The molecule has 2 bridgehead atoms. The van der Waals surface area contributed by atoms with E-state index in [-0.39, 0.29) is 35.4 Å². The topological polar surface area (TPSA) is 52.6 Å². The van der Waals surface area contributed by atoms with Gasteiger partial charge in [0.1, 0.15) is 0 Å². The van der Waals surface area contributed by atoms with Crippen LogP contribution in [-0.2, 0) is 14.3 Å². The Labute approximate surface area is 114 Å². The molecule has 3 aliphatic rings. The minimum Gasteiger partial charge on any atom is -0.343 e. The van der Waals surface area contributed by atoms with Crippen LogP contribution in [0.15, 0.2) is 24.3 Å². The molecule has 5 atom stereocenters. The Bertz CT molecular complexity index is 567. The summed E-state index contributed by atoms with van der Waals surface area (Å²) in [7, 11) is 0. The Morgan fingerprint density at radius 3 is 2.74 bits per heavy atom. The summed E-state index contributed by atoms with van der Waals surface area (Å²) in [5.41, 5.74) is 0.605. The minimum atomic E-state index is -0.741. The van der Waals surface area contributed by atoms with Crippen molar-refractivity contribution in [3.63, 3.8) is 0 Å². The maximum Gasteiger partial charge on any atom is 0.218 e. The van der Waals surface area contributed by atoms with Gasteiger partial charge in [-0.1, -0.05) is 11.6 Å². The third-order valence-electron chi connectivity index (χ3n) is 4.21. The Kier molecular flexibility index (Phi) is 2.37. The van der Waals surface area contributed by atoms with Crippen LogP contribution in [0, 0.1) is 17.8 Å². The smallest absolute Gasteiger partial charge is 0.218 e. The van der Waals surface area contributed by atoms with Gasteiger partial charge in [-0.15, -0.1) is 0 Å². The molecule has 19 heavy (non-hydrogen) atoms. The molecule has 98 valence electrons. The first kappa shape index (κ1) is 11.6. The van der Waals surface area contributed by atoms with Crippen LogP contribution in [0.5, 0.6) is 0 Å². The number of hydrogen-bond acceptors (Lipinski definition) is 4. The lowest BCUT2D eigenvalue weighted by Crippen LogP contribution is -2.30. The summed E-state index contributed by atoms with van der Waals surface area (Å²) in [5, 5.41) is 0.594. The number of carbonyl (C=O) groups is 2. The number of ether oxygens (including phenoxy) is 2. The van der Waals surface area contributed by atoms with Gasteiger partial charge in [0.15, 0.2) is 11.6 Å². The predicted octanol–water partition coefficient (Wildman–Crippen LogP) is 1.71. The number of carbonyl (C=O) groups excluding carboxylic acids is 2. The van der Waals surface area contributed by atoms with E-state index in [0.717, 1.165) is 0 Å². The van der Waals surface area contributed by atoms with E-state index in [1.807, 2.05) is 0 Å². The number of ketones is 2. The molecule has 0 radical (unpaired) electrons. The zero-order valence-electron chi connectivity index (χ0n) is 9.91. The minimum absolute atomic E-state index is 0.00516. The third kappa shape index (κ3) is 1.60. The molecular formula is C14H11ClO4. The molecule has 4 rings (SSSR count). The Hall–Kier alpha value is -1.23. The number of Topliss-reactive ketones (excluding diaryl/α,β-unsaturated/α-hetero) is 2. The standard InChI is InChI=1S/C14H11ClO4/c15-7-3-1-6(2-4-7)12(16)10-9-8-5-18-14(19-8)13(17)11(9)10/h1-4,8-11,14H,5H2/t8-,9-,10+,11+,14+/m1/s1. The van der Waals surface area contributed by atoms with E-state index in [0.29, 0.717) is 17.2 Å². The fourth-order valence-electron chi connectivity index (χ4n) is 3.24. The molecule has 0 unspecified atom stereocenters.